The van der Waals surface area contributed by atoms with Crippen molar-refractivity contribution in [3.05, 3.63) is 70.2 Å². The Balaban J connectivity index is 1.52. The van der Waals surface area contributed by atoms with Crippen molar-refractivity contribution in [2.24, 2.45) is 0 Å². The molecule has 0 aliphatic heterocycles. The average Bonchev–Trinajstić information content (AvgIpc) is 3.03. The number of carbonyl (C=O) groups excluding carboxylic acids is 1. The molecule has 2 atom stereocenters. The second-order valence-corrected chi connectivity index (χ2v) is 7.78. The molecule has 3 nitrogen and oxygen atoms in total. The molecule has 0 fully saturated rings. The van der Waals surface area contributed by atoms with E-state index >= 15 is 0 Å². The number of aryl methyl sites for hydroxylation is 1. The van der Waals surface area contributed by atoms with Crippen molar-refractivity contribution in [2.75, 3.05) is 14.1 Å². The minimum Gasteiger partial charge on any atom is -0.349 e. The van der Waals surface area contributed by atoms with Gasteiger partial charge in [0.2, 0.25) is 5.91 Å². The molecule has 0 bridgehead atoms. The maximum atomic E-state index is 12.5. The van der Waals surface area contributed by atoms with Crippen molar-refractivity contribution in [3.63, 3.8) is 0 Å². The van der Waals surface area contributed by atoms with E-state index in [2.05, 4.69) is 60.7 Å². The first-order valence-corrected chi connectivity index (χ1v) is 9.69. The Kier molecular flexibility index (Phi) is 6.33. The van der Waals surface area contributed by atoms with E-state index in [1.54, 1.807) is 0 Å². The molecule has 26 heavy (non-hydrogen) atoms. The van der Waals surface area contributed by atoms with Gasteiger partial charge in [-0.05, 0) is 68.6 Å². The molecule has 2 aromatic rings. The molecule has 0 radical (unpaired) electrons. The van der Waals surface area contributed by atoms with E-state index in [1.807, 2.05) is 12.1 Å². The van der Waals surface area contributed by atoms with Crippen LogP contribution in [0.1, 0.15) is 42.0 Å². The predicted molar refractivity (Wildman–Crippen MR) is 108 cm³/mol. The summed E-state index contributed by atoms with van der Waals surface area (Å²) in [5.41, 5.74) is 3.90. The monoisotopic (exact) mass is 370 g/mol. The number of rotatable bonds is 7. The van der Waals surface area contributed by atoms with Crippen LogP contribution in [0.15, 0.2) is 48.5 Å². The number of hydrogen-bond donors (Lipinski definition) is 1. The summed E-state index contributed by atoms with van der Waals surface area (Å²) in [4.78, 5) is 14.7. The highest BCUT2D eigenvalue weighted by molar-refractivity contribution is 6.30. The van der Waals surface area contributed by atoms with E-state index in [1.165, 1.54) is 16.7 Å². The predicted octanol–water partition coefficient (Wildman–Crippen LogP) is 4.40. The summed E-state index contributed by atoms with van der Waals surface area (Å²) < 4.78 is 0. The molecule has 0 heterocycles. The van der Waals surface area contributed by atoms with Gasteiger partial charge in [-0.1, -0.05) is 48.0 Å². The van der Waals surface area contributed by atoms with Crippen molar-refractivity contribution in [1.29, 1.82) is 0 Å². The molecule has 3 rings (SSSR count). The molecule has 138 valence electrons. The van der Waals surface area contributed by atoms with Crippen LogP contribution in [-0.4, -0.2) is 30.9 Å². The largest absolute Gasteiger partial charge is 0.349 e. The number of fused-ring (bicyclic) bond motifs is 1. The summed E-state index contributed by atoms with van der Waals surface area (Å²) >= 11 is 5.97. The molecule has 4 heteroatoms. The highest BCUT2D eigenvalue weighted by Gasteiger charge is 2.23. The SMILES string of the molecule is CN(C)[C@H](CCC(=O)NC1CCc2ccccc21)Cc1ccc(Cl)cc1. The zero-order chi connectivity index (χ0) is 18.5. The van der Waals surface area contributed by atoms with Crippen LogP contribution in [-0.2, 0) is 17.6 Å². The van der Waals surface area contributed by atoms with Gasteiger partial charge in [0, 0.05) is 17.5 Å². The number of benzene rings is 2. The Morgan fingerprint density at radius 1 is 1.19 bits per heavy atom. The fourth-order valence-electron chi connectivity index (χ4n) is 3.71. The van der Waals surface area contributed by atoms with Crippen LogP contribution in [0.2, 0.25) is 5.02 Å². The van der Waals surface area contributed by atoms with Gasteiger partial charge in [0.25, 0.3) is 0 Å². The van der Waals surface area contributed by atoms with Gasteiger partial charge < -0.3 is 10.2 Å². The molecule has 0 aromatic heterocycles. The first kappa shape index (κ1) is 18.9. The first-order valence-electron chi connectivity index (χ1n) is 9.31. The third-order valence-electron chi connectivity index (χ3n) is 5.29. The summed E-state index contributed by atoms with van der Waals surface area (Å²) in [6.07, 6.45) is 4.37. The van der Waals surface area contributed by atoms with Crippen LogP contribution in [0.3, 0.4) is 0 Å². The summed E-state index contributed by atoms with van der Waals surface area (Å²) in [5, 5.41) is 3.98. The quantitative estimate of drug-likeness (QED) is 0.783. The maximum absolute atomic E-state index is 12.5. The number of hydrogen-bond acceptors (Lipinski definition) is 2. The lowest BCUT2D eigenvalue weighted by Gasteiger charge is -2.24. The van der Waals surface area contributed by atoms with Gasteiger partial charge in [0.15, 0.2) is 0 Å². The van der Waals surface area contributed by atoms with Gasteiger partial charge in [0.05, 0.1) is 6.04 Å². The molecular formula is C22H27ClN2O. The van der Waals surface area contributed by atoms with Gasteiger partial charge in [0.1, 0.15) is 0 Å². The van der Waals surface area contributed by atoms with Crippen LogP contribution in [0.25, 0.3) is 0 Å². The number of amides is 1. The molecule has 1 aliphatic rings. The van der Waals surface area contributed by atoms with Crippen LogP contribution in [0.4, 0.5) is 0 Å². The highest BCUT2D eigenvalue weighted by Crippen LogP contribution is 2.30. The second-order valence-electron chi connectivity index (χ2n) is 7.34. The van der Waals surface area contributed by atoms with Crippen LogP contribution < -0.4 is 5.32 Å². The lowest BCUT2D eigenvalue weighted by molar-refractivity contribution is -0.122. The Hall–Kier alpha value is -1.84. The Morgan fingerprint density at radius 2 is 1.92 bits per heavy atom. The van der Waals surface area contributed by atoms with E-state index in [4.69, 9.17) is 11.6 Å². The fourth-order valence-corrected chi connectivity index (χ4v) is 3.83. The number of halogens is 1. The van der Waals surface area contributed by atoms with Crippen molar-refractivity contribution < 1.29 is 4.79 Å². The molecule has 0 spiro atoms. The molecule has 0 saturated heterocycles. The first-order chi connectivity index (χ1) is 12.5. The van der Waals surface area contributed by atoms with Gasteiger partial charge >= 0.3 is 0 Å². The minimum atomic E-state index is 0.148. The molecule has 1 aliphatic carbocycles. The highest BCUT2D eigenvalue weighted by atomic mass is 35.5. The minimum absolute atomic E-state index is 0.148. The topological polar surface area (TPSA) is 32.3 Å². The van der Waals surface area contributed by atoms with Crippen LogP contribution >= 0.6 is 11.6 Å². The fraction of sp³-hybridized carbons (Fsp3) is 0.409. The normalized spacial score (nSPS) is 17.2. The van der Waals surface area contributed by atoms with Crippen LogP contribution in [0.5, 0.6) is 0 Å². The third-order valence-corrected chi connectivity index (χ3v) is 5.54. The van der Waals surface area contributed by atoms with E-state index in [-0.39, 0.29) is 11.9 Å². The average molecular weight is 371 g/mol. The summed E-state index contributed by atoms with van der Waals surface area (Å²) in [6, 6.07) is 16.9. The third kappa shape index (κ3) is 4.87. The van der Waals surface area contributed by atoms with Crippen molar-refractivity contribution >= 4 is 17.5 Å². The van der Waals surface area contributed by atoms with Gasteiger partial charge in [-0.2, -0.15) is 0 Å². The molecule has 0 saturated carbocycles. The number of nitrogens with one attached hydrogen (secondary N) is 1. The van der Waals surface area contributed by atoms with E-state index in [0.29, 0.717) is 12.5 Å². The summed E-state index contributed by atoms with van der Waals surface area (Å²) in [7, 11) is 4.15. The van der Waals surface area contributed by atoms with Crippen molar-refractivity contribution in [3.8, 4) is 0 Å². The zero-order valence-corrected chi connectivity index (χ0v) is 16.3. The Labute approximate surface area is 161 Å². The number of carbonyl (C=O) groups is 1. The van der Waals surface area contributed by atoms with E-state index < -0.39 is 0 Å². The molecular weight excluding hydrogens is 344 g/mol. The van der Waals surface area contributed by atoms with Crippen molar-refractivity contribution in [2.45, 2.75) is 44.2 Å². The number of nitrogens with zero attached hydrogens (tertiary/aromatic N) is 1. The zero-order valence-electron chi connectivity index (χ0n) is 15.5. The Morgan fingerprint density at radius 3 is 2.65 bits per heavy atom. The summed E-state index contributed by atoms with van der Waals surface area (Å²) in [5.74, 6) is 0.148. The van der Waals surface area contributed by atoms with Crippen molar-refractivity contribution in [1.82, 2.24) is 10.2 Å². The van der Waals surface area contributed by atoms with Gasteiger partial charge in [-0.15, -0.1) is 0 Å². The smallest absolute Gasteiger partial charge is 0.220 e. The molecule has 1 unspecified atom stereocenters. The van der Waals surface area contributed by atoms with E-state index in [0.717, 1.165) is 30.7 Å². The standard InChI is InChI=1S/C22H27ClN2O/c1-25(2)19(15-16-7-10-18(23)11-8-16)12-14-22(26)24-21-13-9-17-5-3-4-6-20(17)21/h3-8,10-11,19,21H,9,12-15H2,1-2H3,(H,24,26)/t19-,21?/m1/s1. The van der Waals surface area contributed by atoms with Crippen LogP contribution in [0, 0.1) is 0 Å². The molecule has 2 aromatic carbocycles. The maximum Gasteiger partial charge on any atom is 0.220 e. The van der Waals surface area contributed by atoms with Gasteiger partial charge in [-0.25, -0.2) is 0 Å². The lowest BCUT2D eigenvalue weighted by Crippen LogP contribution is -2.33. The lowest BCUT2D eigenvalue weighted by atomic mass is 10.0. The van der Waals surface area contributed by atoms with E-state index in [9.17, 15) is 4.79 Å². The summed E-state index contributed by atoms with van der Waals surface area (Å²) in [6.45, 7) is 0. The Bertz CT molecular complexity index is 742. The second kappa shape index (κ2) is 8.70. The number of likely N-dealkylation sites (N-methyl/N-ethyl adjacent to an activating group) is 1. The molecule has 1 amide bonds. The molecule has 1 N–H and O–H groups in total. The van der Waals surface area contributed by atoms with Gasteiger partial charge in [-0.3, -0.25) is 4.79 Å².